The number of amides is 1. The number of hydrogen-bond acceptors (Lipinski definition) is 5. The maximum atomic E-state index is 12.3. The van der Waals surface area contributed by atoms with Gasteiger partial charge < -0.3 is 10.1 Å². The van der Waals surface area contributed by atoms with Gasteiger partial charge in [-0.25, -0.2) is 13.2 Å². The minimum atomic E-state index is -3.04. The predicted octanol–water partition coefficient (Wildman–Crippen LogP) is 1.54. The Morgan fingerprint density at radius 1 is 1.14 bits per heavy atom. The first-order valence-electron chi connectivity index (χ1n) is 7.23. The molecule has 0 aromatic rings. The molecule has 122 valence electrons. The van der Waals surface area contributed by atoms with Crippen molar-refractivity contribution in [1.82, 2.24) is 5.32 Å². The molecule has 0 spiro atoms. The average Bonchev–Trinajstić information content (AvgIpc) is 2.42. The van der Waals surface area contributed by atoms with E-state index in [-0.39, 0.29) is 22.9 Å². The first kappa shape index (κ1) is 17.9. The molecule has 21 heavy (non-hydrogen) atoms. The molecule has 1 saturated carbocycles. The summed E-state index contributed by atoms with van der Waals surface area (Å²) in [7, 11) is -1.78. The van der Waals surface area contributed by atoms with Crippen molar-refractivity contribution in [2.75, 3.05) is 13.4 Å². The number of alkyl carbamates (subject to hydrolysis) is 1. The lowest BCUT2D eigenvalue weighted by Gasteiger charge is -2.33. The highest BCUT2D eigenvalue weighted by molar-refractivity contribution is 7.91. The Kier molecular flexibility index (Phi) is 6.19. The normalized spacial score (nSPS) is 24.4. The van der Waals surface area contributed by atoms with E-state index in [1.165, 1.54) is 13.4 Å². The molecule has 0 unspecified atom stereocenters. The third kappa shape index (κ3) is 4.98. The largest absolute Gasteiger partial charge is 0.453 e. The highest BCUT2D eigenvalue weighted by Crippen LogP contribution is 2.31. The Morgan fingerprint density at radius 3 is 2.05 bits per heavy atom. The third-order valence-electron chi connectivity index (χ3n) is 4.13. The maximum absolute atomic E-state index is 12.3. The lowest BCUT2D eigenvalue weighted by atomic mass is 9.80. The molecule has 0 saturated heterocycles. The van der Waals surface area contributed by atoms with Gasteiger partial charge in [-0.1, -0.05) is 13.8 Å². The van der Waals surface area contributed by atoms with Gasteiger partial charge in [0.15, 0.2) is 5.78 Å². The molecule has 1 aliphatic carbocycles. The summed E-state index contributed by atoms with van der Waals surface area (Å²) in [6, 6.07) is -0.599. The molecule has 0 heterocycles. The molecule has 0 bridgehead atoms. The van der Waals surface area contributed by atoms with Crippen LogP contribution in [0, 0.1) is 11.8 Å². The number of carbonyl (C=O) groups is 2. The van der Waals surface area contributed by atoms with Gasteiger partial charge in [-0.05, 0) is 31.6 Å². The van der Waals surface area contributed by atoms with Gasteiger partial charge in [0.1, 0.15) is 9.84 Å². The first-order chi connectivity index (χ1) is 9.66. The molecule has 1 amide bonds. The molecule has 1 fully saturated rings. The molecule has 0 aromatic carbocycles. The molecule has 7 heteroatoms. The van der Waals surface area contributed by atoms with Crippen molar-refractivity contribution in [2.45, 2.75) is 50.8 Å². The zero-order chi connectivity index (χ0) is 16.2. The number of ether oxygens (including phenoxy) is 1. The number of methoxy groups -OCH3 is 1. The van der Waals surface area contributed by atoms with E-state index in [4.69, 9.17) is 0 Å². The van der Waals surface area contributed by atoms with Gasteiger partial charge in [-0.3, -0.25) is 4.79 Å². The predicted molar refractivity (Wildman–Crippen MR) is 79.8 cm³/mol. The number of hydrogen-bond donors (Lipinski definition) is 1. The Balaban J connectivity index is 2.77. The van der Waals surface area contributed by atoms with Crippen LogP contribution in [-0.4, -0.2) is 45.0 Å². The van der Waals surface area contributed by atoms with E-state index in [0.717, 1.165) is 0 Å². The number of rotatable bonds is 5. The highest BCUT2D eigenvalue weighted by atomic mass is 32.2. The molecule has 0 aromatic heterocycles. The van der Waals surface area contributed by atoms with Crippen LogP contribution in [0.4, 0.5) is 4.79 Å². The Hall–Kier alpha value is -1.11. The van der Waals surface area contributed by atoms with E-state index >= 15 is 0 Å². The van der Waals surface area contributed by atoms with Gasteiger partial charge in [0.2, 0.25) is 0 Å². The maximum Gasteiger partial charge on any atom is 0.407 e. The molecule has 0 aliphatic heterocycles. The van der Waals surface area contributed by atoms with Gasteiger partial charge in [-0.15, -0.1) is 0 Å². The van der Waals surface area contributed by atoms with Crippen LogP contribution in [0.25, 0.3) is 0 Å². The van der Waals surface area contributed by atoms with Gasteiger partial charge in [-0.2, -0.15) is 0 Å². The number of sulfone groups is 1. The topological polar surface area (TPSA) is 89.5 Å². The van der Waals surface area contributed by atoms with E-state index in [2.05, 4.69) is 10.1 Å². The van der Waals surface area contributed by atoms with Crippen LogP contribution in [0.1, 0.15) is 39.5 Å². The van der Waals surface area contributed by atoms with E-state index < -0.39 is 22.0 Å². The third-order valence-corrected chi connectivity index (χ3v) is 5.81. The summed E-state index contributed by atoms with van der Waals surface area (Å²) in [5.74, 6) is -0.264. The average molecular weight is 319 g/mol. The van der Waals surface area contributed by atoms with Crippen molar-refractivity contribution < 1.29 is 22.7 Å². The van der Waals surface area contributed by atoms with Crippen molar-refractivity contribution in [2.24, 2.45) is 11.8 Å². The lowest BCUT2D eigenvalue weighted by Crippen LogP contribution is -2.49. The lowest BCUT2D eigenvalue weighted by molar-refractivity contribution is -0.125. The second-order valence-electron chi connectivity index (χ2n) is 6.04. The second kappa shape index (κ2) is 7.24. The van der Waals surface area contributed by atoms with Crippen LogP contribution in [0.15, 0.2) is 0 Å². The van der Waals surface area contributed by atoms with Crippen LogP contribution < -0.4 is 5.32 Å². The molecule has 0 radical (unpaired) electrons. The van der Waals surface area contributed by atoms with Gasteiger partial charge in [0, 0.05) is 12.2 Å². The van der Waals surface area contributed by atoms with E-state index in [9.17, 15) is 18.0 Å². The van der Waals surface area contributed by atoms with Crippen LogP contribution in [0.5, 0.6) is 0 Å². The summed E-state index contributed by atoms with van der Waals surface area (Å²) in [5.41, 5.74) is 0. The standard InChI is InChI=1S/C14H25NO5S/c1-9(2)13(16)12(15-14(17)20-3)10-5-7-11(8-6-10)21(4,18)19/h9-12H,5-8H2,1-4H3,(H,15,17)/t10?,11?,12-/m0/s1. The fraction of sp³-hybridized carbons (Fsp3) is 0.857. The SMILES string of the molecule is COC(=O)N[C@H](C(=O)C(C)C)C1CCC(S(C)(=O)=O)CC1. The highest BCUT2D eigenvalue weighted by Gasteiger charge is 2.36. The minimum Gasteiger partial charge on any atom is -0.453 e. The molecular formula is C14H25NO5S. The summed E-state index contributed by atoms with van der Waals surface area (Å²) >= 11 is 0. The van der Waals surface area contributed by atoms with Gasteiger partial charge in [0.05, 0.1) is 18.4 Å². The van der Waals surface area contributed by atoms with Gasteiger partial charge in [0.25, 0.3) is 0 Å². The number of carbonyl (C=O) groups excluding carboxylic acids is 2. The number of nitrogens with one attached hydrogen (secondary N) is 1. The Morgan fingerprint density at radius 2 is 1.67 bits per heavy atom. The van der Waals surface area contributed by atoms with Crippen molar-refractivity contribution in [3.8, 4) is 0 Å². The van der Waals surface area contributed by atoms with Crippen molar-refractivity contribution in [3.63, 3.8) is 0 Å². The van der Waals surface area contributed by atoms with E-state index in [1.54, 1.807) is 13.8 Å². The van der Waals surface area contributed by atoms with Crippen molar-refractivity contribution in [3.05, 3.63) is 0 Å². The van der Waals surface area contributed by atoms with E-state index in [1.807, 2.05) is 0 Å². The second-order valence-corrected chi connectivity index (χ2v) is 8.36. The molecular weight excluding hydrogens is 294 g/mol. The summed E-state index contributed by atoms with van der Waals surface area (Å²) in [5, 5.41) is 2.28. The van der Waals surface area contributed by atoms with Crippen molar-refractivity contribution in [1.29, 1.82) is 0 Å². The molecule has 1 rings (SSSR count). The van der Waals surface area contributed by atoms with Crippen LogP contribution >= 0.6 is 0 Å². The van der Waals surface area contributed by atoms with Crippen LogP contribution in [0.2, 0.25) is 0 Å². The van der Waals surface area contributed by atoms with Gasteiger partial charge >= 0.3 is 6.09 Å². The molecule has 1 atom stereocenters. The zero-order valence-electron chi connectivity index (χ0n) is 13.1. The number of Topliss-reactive ketones (excluding diaryl/α,β-unsaturated/α-hetero) is 1. The molecule has 6 nitrogen and oxygen atoms in total. The van der Waals surface area contributed by atoms with Crippen LogP contribution in [0.3, 0.4) is 0 Å². The van der Waals surface area contributed by atoms with Crippen LogP contribution in [-0.2, 0) is 19.4 Å². The summed E-state index contributed by atoms with van der Waals surface area (Å²) < 4.78 is 27.7. The monoisotopic (exact) mass is 319 g/mol. The summed E-state index contributed by atoms with van der Waals surface area (Å²) in [4.78, 5) is 23.7. The summed E-state index contributed by atoms with van der Waals surface area (Å²) in [6.45, 7) is 3.58. The van der Waals surface area contributed by atoms with E-state index in [0.29, 0.717) is 25.7 Å². The smallest absolute Gasteiger partial charge is 0.407 e. The Bertz CT molecular complexity index is 478. The fourth-order valence-electron chi connectivity index (χ4n) is 2.82. The zero-order valence-corrected chi connectivity index (χ0v) is 13.9. The fourth-order valence-corrected chi connectivity index (χ4v) is 3.94. The molecule has 1 aliphatic rings. The quantitative estimate of drug-likeness (QED) is 0.830. The van der Waals surface area contributed by atoms with Crippen molar-refractivity contribution >= 4 is 21.7 Å². The number of ketones is 1. The Labute approximate surface area is 126 Å². The minimum absolute atomic E-state index is 0.0306. The summed E-state index contributed by atoms with van der Waals surface area (Å²) in [6.07, 6.45) is 2.93. The molecule has 1 N–H and O–H groups in total. The first-order valence-corrected chi connectivity index (χ1v) is 9.19.